The number of nitrogens with one attached hydrogen (secondary N) is 1. The highest BCUT2D eigenvalue weighted by atomic mass is 79.9. The summed E-state index contributed by atoms with van der Waals surface area (Å²) in [6.07, 6.45) is 1.62. The molecule has 0 saturated carbocycles. The Morgan fingerprint density at radius 2 is 2.25 bits per heavy atom. The molecular weight excluding hydrogens is 324 g/mol. The van der Waals surface area contributed by atoms with Crippen LogP contribution in [0.15, 0.2) is 33.3 Å². The molecule has 1 amide bonds. The van der Waals surface area contributed by atoms with Crippen LogP contribution < -0.4 is 10.1 Å². The number of aryl methyl sites for hydroxylation is 1. The Balaban J connectivity index is 2.15. The molecule has 0 fully saturated rings. The van der Waals surface area contributed by atoms with Crippen molar-refractivity contribution in [3.8, 4) is 5.75 Å². The van der Waals surface area contributed by atoms with Gasteiger partial charge in [-0.25, -0.2) is 4.98 Å². The lowest BCUT2D eigenvalue weighted by molar-refractivity contribution is 0.0932. The number of oxazole rings is 1. The Bertz CT molecular complexity index is 625. The van der Waals surface area contributed by atoms with Crippen LogP contribution in [0.4, 0.5) is 0 Å². The van der Waals surface area contributed by atoms with Gasteiger partial charge >= 0.3 is 0 Å². The largest absolute Gasteiger partial charge is 0.497 e. The van der Waals surface area contributed by atoms with Crippen LogP contribution in [0.1, 0.15) is 35.0 Å². The van der Waals surface area contributed by atoms with Gasteiger partial charge in [-0.15, -0.1) is 0 Å². The zero-order chi connectivity index (χ0) is 14.7. The molecule has 0 radical (unpaired) electrons. The van der Waals surface area contributed by atoms with Gasteiger partial charge in [-0.2, -0.15) is 0 Å². The van der Waals surface area contributed by atoms with E-state index >= 15 is 0 Å². The van der Waals surface area contributed by atoms with Crippen LogP contribution in [0.3, 0.4) is 0 Å². The highest BCUT2D eigenvalue weighted by Crippen LogP contribution is 2.23. The SMILES string of the molecule is COc1ccc(Br)c(C(=O)NC(C)c2ncc(C)o2)c1. The van der Waals surface area contributed by atoms with Crippen molar-refractivity contribution in [2.45, 2.75) is 19.9 Å². The van der Waals surface area contributed by atoms with Gasteiger partial charge in [0.2, 0.25) is 5.89 Å². The summed E-state index contributed by atoms with van der Waals surface area (Å²) in [6.45, 7) is 3.63. The van der Waals surface area contributed by atoms with Gasteiger partial charge in [0, 0.05) is 4.47 Å². The third kappa shape index (κ3) is 3.19. The molecule has 0 spiro atoms. The van der Waals surface area contributed by atoms with E-state index in [1.165, 1.54) is 0 Å². The molecule has 20 heavy (non-hydrogen) atoms. The van der Waals surface area contributed by atoms with Crippen LogP contribution in [0.2, 0.25) is 0 Å². The molecule has 0 aliphatic rings. The van der Waals surface area contributed by atoms with Gasteiger partial charge in [0.05, 0.1) is 18.9 Å². The number of aromatic nitrogens is 1. The average Bonchev–Trinajstić information content (AvgIpc) is 2.86. The Labute approximate surface area is 125 Å². The second-order valence-corrected chi connectivity index (χ2v) is 5.20. The summed E-state index contributed by atoms with van der Waals surface area (Å²) < 4.78 is 11.2. The van der Waals surface area contributed by atoms with Gasteiger partial charge < -0.3 is 14.5 Å². The molecule has 1 heterocycles. The molecule has 1 unspecified atom stereocenters. The second kappa shape index (κ2) is 6.09. The number of benzene rings is 1. The van der Waals surface area contributed by atoms with E-state index in [0.717, 1.165) is 0 Å². The van der Waals surface area contributed by atoms with Crippen LogP contribution in [-0.4, -0.2) is 18.0 Å². The minimum absolute atomic E-state index is 0.223. The van der Waals surface area contributed by atoms with E-state index in [1.54, 1.807) is 31.5 Å². The molecule has 1 N–H and O–H groups in total. The fraction of sp³-hybridized carbons (Fsp3) is 0.286. The maximum absolute atomic E-state index is 12.3. The van der Waals surface area contributed by atoms with E-state index < -0.39 is 0 Å². The first-order valence-corrected chi connectivity index (χ1v) is 6.87. The number of rotatable bonds is 4. The van der Waals surface area contributed by atoms with Crippen molar-refractivity contribution in [3.63, 3.8) is 0 Å². The van der Waals surface area contributed by atoms with Crippen LogP contribution in [0.25, 0.3) is 0 Å². The zero-order valence-corrected chi connectivity index (χ0v) is 13.0. The van der Waals surface area contributed by atoms with Crippen molar-refractivity contribution in [2.24, 2.45) is 0 Å². The molecule has 5 nitrogen and oxygen atoms in total. The number of hydrogen-bond acceptors (Lipinski definition) is 4. The third-order valence-electron chi connectivity index (χ3n) is 2.78. The zero-order valence-electron chi connectivity index (χ0n) is 11.4. The Kier molecular flexibility index (Phi) is 4.44. The number of nitrogens with zero attached hydrogens (tertiary/aromatic N) is 1. The first-order chi connectivity index (χ1) is 9.51. The maximum atomic E-state index is 12.3. The molecule has 1 atom stereocenters. The molecular formula is C14H15BrN2O3. The standard InChI is InChI=1S/C14H15BrN2O3/c1-8-7-16-14(20-8)9(2)17-13(18)11-6-10(19-3)4-5-12(11)15/h4-7,9H,1-3H3,(H,17,18). The summed E-state index contributed by atoms with van der Waals surface area (Å²) in [7, 11) is 1.56. The molecule has 6 heteroatoms. The van der Waals surface area contributed by atoms with E-state index in [-0.39, 0.29) is 11.9 Å². The Morgan fingerprint density at radius 1 is 1.50 bits per heavy atom. The van der Waals surface area contributed by atoms with Gasteiger partial charge in [0.1, 0.15) is 17.6 Å². The summed E-state index contributed by atoms with van der Waals surface area (Å²) >= 11 is 3.36. The van der Waals surface area contributed by atoms with Gasteiger partial charge in [-0.3, -0.25) is 4.79 Å². The smallest absolute Gasteiger partial charge is 0.253 e. The van der Waals surface area contributed by atoms with E-state index in [4.69, 9.17) is 9.15 Å². The van der Waals surface area contributed by atoms with Gasteiger partial charge in [-0.1, -0.05) is 0 Å². The highest BCUT2D eigenvalue weighted by Gasteiger charge is 2.17. The molecule has 1 aromatic heterocycles. The summed E-state index contributed by atoms with van der Waals surface area (Å²) in [6, 6.07) is 4.91. The fourth-order valence-corrected chi connectivity index (χ4v) is 2.14. The van der Waals surface area contributed by atoms with Crippen LogP contribution in [0.5, 0.6) is 5.75 Å². The lowest BCUT2D eigenvalue weighted by Crippen LogP contribution is -2.27. The number of carbonyl (C=O) groups excluding carboxylic acids is 1. The molecule has 2 aromatic rings. The lowest BCUT2D eigenvalue weighted by Gasteiger charge is -2.12. The van der Waals surface area contributed by atoms with Gasteiger partial charge in [0.25, 0.3) is 5.91 Å². The van der Waals surface area contributed by atoms with Crippen LogP contribution in [0, 0.1) is 6.92 Å². The lowest BCUT2D eigenvalue weighted by atomic mass is 10.2. The summed E-state index contributed by atoms with van der Waals surface area (Å²) in [5.41, 5.74) is 0.500. The molecule has 0 aliphatic carbocycles. The molecule has 1 aromatic carbocycles. The summed E-state index contributed by atoms with van der Waals surface area (Å²) in [4.78, 5) is 16.4. The number of halogens is 1. The Hall–Kier alpha value is -1.82. The van der Waals surface area contributed by atoms with Gasteiger partial charge in [-0.05, 0) is 48.0 Å². The molecule has 2 rings (SSSR count). The number of carbonyl (C=O) groups is 1. The average molecular weight is 339 g/mol. The topological polar surface area (TPSA) is 64.4 Å². The summed E-state index contributed by atoms with van der Waals surface area (Å²) in [5.74, 6) is 1.59. The summed E-state index contributed by atoms with van der Waals surface area (Å²) in [5, 5.41) is 2.84. The predicted octanol–water partition coefficient (Wildman–Crippen LogP) is 3.25. The molecule has 0 bridgehead atoms. The third-order valence-corrected chi connectivity index (χ3v) is 3.47. The number of methoxy groups -OCH3 is 1. The highest BCUT2D eigenvalue weighted by molar-refractivity contribution is 9.10. The first kappa shape index (κ1) is 14.6. The quantitative estimate of drug-likeness (QED) is 0.929. The number of ether oxygens (including phenoxy) is 1. The molecule has 0 aliphatic heterocycles. The van der Waals surface area contributed by atoms with E-state index in [0.29, 0.717) is 27.4 Å². The normalized spacial score (nSPS) is 12.0. The number of amides is 1. The van der Waals surface area contributed by atoms with Crippen molar-refractivity contribution >= 4 is 21.8 Å². The van der Waals surface area contributed by atoms with Crippen molar-refractivity contribution in [1.82, 2.24) is 10.3 Å². The minimum Gasteiger partial charge on any atom is -0.497 e. The molecule has 0 saturated heterocycles. The maximum Gasteiger partial charge on any atom is 0.253 e. The Morgan fingerprint density at radius 3 is 2.85 bits per heavy atom. The second-order valence-electron chi connectivity index (χ2n) is 4.35. The first-order valence-electron chi connectivity index (χ1n) is 6.08. The number of hydrogen-bond donors (Lipinski definition) is 1. The monoisotopic (exact) mass is 338 g/mol. The fourth-order valence-electron chi connectivity index (χ4n) is 1.71. The van der Waals surface area contributed by atoms with E-state index in [9.17, 15) is 4.79 Å². The van der Waals surface area contributed by atoms with Gasteiger partial charge in [0.15, 0.2) is 0 Å². The van der Waals surface area contributed by atoms with Crippen LogP contribution in [-0.2, 0) is 0 Å². The van der Waals surface area contributed by atoms with Crippen molar-refractivity contribution in [1.29, 1.82) is 0 Å². The van der Waals surface area contributed by atoms with E-state index in [2.05, 4.69) is 26.2 Å². The predicted molar refractivity (Wildman–Crippen MR) is 77.8 cm³/mol. The van der Waals surface area contributed by atoms with E-state index in [1.807, 2.05) is 13.8 Å². The van der Waals surface area contributed by atoms with Crippen molar-refractivity contribution in [3.05, 3.63) is 46.1 Å². The van der Waals surface area contributed by atoms with Crippen LogP contribution >= 0.6 is 15.9 Å². The molecule has 106 valence electrons. The van der Waals surface area contributed by atoms with Crippen molar-refractivity contribution in [2.75, 3.05) is 7.11 Å². The minimum atomic E-state index is -0.311. The van der Waals surface area contributed by atoms with Crippen molar-refractivity contribution < 1.29 is 13.9 Å².